The molecule has 1 fully saturated rings. The van der Waals surface area contributed by atoms with E-state index in [1.54, 1.807) is 0 Å². The van der Waals surface area contributed by atoms with Gasteiger partial charge in [-0.2, -0.15) is 0 Å². The van der Waals surface area contributed by atoms with Gasteiger partial charge in [0, 0.05) is 6.42 Å². The Morgan fingerprint density at radius 3 is 2.50 bits per heavy atom. The van der Waals surface area contributed by atoms with E-state index < -0.39 is 6.10 Å². The highest BCUT2D eigenvalue weighted by Gasteiger charge is 2.25. The van der Waals surface area contributed by atoms with Gasteiger partial charge in [-0.25, -0.2) is 0 Å². The lowest BCUT2D eigenvalue weighted by molar-refractivity contribution is -0.130. The molecule has 1 saturated carbocycles. The van der Waals surface area contributed by atoms with Gasteiger partial charge in [0.05, 0.1) is 0 Å². The van der Waals surface area contributed by atoms with Crippen LogP contribution >= 0.6 is 0 Å². The molecule has 0 heterocycles. The monoisotopic (exact) mass is 170 g/mol. The van der Waals surface area contributed by atoms with Crippen LogP contribution in [0.15, 0.2) is 0 Å². The maximum atomic E-state index is 11.2. The maximum Gasteiger partial charge on any atom is 0.161 e. The van der Waals surface area contributed by atoms with Crippen LogP contribution in [0.1, 0.15) is 45.4 Å². The third-order valence-corrected chi connectivity index (χ3v) is 2.77. The van der Waals surface area contributed by atoms with E-state index in [0.717, 1.165) is 12.8 Å². The van der Waals surface area contributed by atoms with Crippen molar-refractivity contribution in [1.29, 1.82) is 0 Å². The van der Waals surface area contributed by atoms with E-state index in [1.165, 1.54) is 19.3 Å². The largest absolute Gasteiger partial charge is 0.385 e. The number of aliphatic hydroxyl groups is 1. The second-order valence-electron chi connectivity index (χ2n) is 3.66. The molecule has 12 heavy (non-hydrogen) atoms. The van der Waals surface area contributed by atoms with Crippen LogP contribution in [0.25, 0.3) is 0 Å². The molecular weight excluding hydrogens is 152 g/mol. The molecule has 0 aromatic rings. The standard InChI is InChI=1S/C10H18O2/c1-2-9(11)10(12)8-6-4-3-5-7-8/h8,10,12H,2-7H2,1H3. The fourth-order valence-corrected chi connectivity index (χ4v) is 1.92. The fourth-order valence-electron chi connectivity index (χ4n) is 1.92. The molecule has 0 saturated heterocycles. The van der Waals surface area contributed by atoms with Crippen LogP contribution < -0.4 is 0 Å². The summed E-state index contributed by atoms with van der Waals surface area (Å²) in [7, 11) is 0. The maximum absolute atomic E-state index is 11.2. The number of hydrogen-bond acceptors (Lipinski definition) is 2. The van der Waals surface area contributed by atoms with Crippen molar-refractivity contribution in [2.24, 2.45) is 5.92 Å². The Morgan fingerprint density at radius 1 is 1.42 bits per heavy atom. The Morgan fingerprint density at radius 2 is 2.00 bits per heavy atom. The number of carbonyl (C=O) groups is 1. The van der Waals surface area contributed by atoms with Crippen LogP contribution in [-0.2, 0) is 4.79 Å². The molecule has 2 heteroatoms. The van der Waals surface area contributed by atoms with Gasteiger partial charge in [0.2, 0.25) is 0 Å². The van der Waals surface area contributed by atoms with Crippen molar-refractivity contribution in [3.8, 4) is 0 Å². The van der Waals surface area contributed by atoms with Gasteiger partial charge in [0.15, 0.2) is 5.78 Å². The van der Waals surface area contributed by atoms with Crippen molar-refractivity contribution in [2.45, 2.75) is 51.6 Å². The van der Waals surface area contributed by atoms with Gasteiger partial charge >= 0.3 is 0 Å². The zero-order chi connectivity index (χ0) is 8.97. The summed E-state index contributed by atoms with van der Waals surface area (Å²) >= 11 is 0. The summed E-state index contributed by atoms with van der Waals surface area (Å²) in [4.78, 5) is 11.2. The van der Waals surface area contributed by atoms with Gasteiger partial charge < -0.3 is 5.11 Å². The van der Waals surface area contributed by atoms with Crippen LogP contribution in [0, 0.1) is 5.92 Å². The molecule has 2 nitrogen and oxygen atoms in total. The minimum atomic E-state index is -0.671. The molecular formula is C10H18O2. The van der Waals surface area contributed by atoms with Gasteiger partial charge in [-0.3, -0.25) is 4.79 Å². The molecule has 0 spiro atoms. The molecule has 0 aromatic carbocycles. The zero-order valence-electron chi connectivity index (χ0n) is 7.75. The first-order chi connectivity index (χ1) is 5.75. The first kappa shape index (κ1) is 9.72. The normalized spacial score (nSPS) is 22.2. The van der Waals surface area contributed by atoms with Crippen LogP contribution in [0.2, 0.25) is 0 Å². The van der Waals surface area contributed by atoms with E-state index in [9.17, 15) is 9.90 Å². The predicted octanol–water partition coefficient (Wildman–Crippen LogP) is 1.91. The van der Waals surface area contributed by atoms with E-state index in [1.807, 2.05) is 6.92 Å². The average Bonchev–Trinajstić information content (AvgIpc) is 2.17. The van der Waals surface area contributed by atoms with E-state index in [2.05, 4.69) is 0 Å². The van der Waals surface area contributed by atoms with Crippen molar-refractivity contribution in [2.75, 3.05) is 0 Å². The van der Waals surface area contributed by atoms with Gasteiger partial charge in [0.25, 0.3) is 0 Å². The third-order valence-electron chi connectivity index (χ3n) is 2.77. The predicted molar refractivity (Wildman–Crippen MR) is 47.9 cm³/mol. The molecule has 0 aliphatic heterocycles. The first-order valence-corrected chi connectivity index (χ1v) is 4.96. The Labute approximate surface area is 74.0 Å². The Balaban J connectivity index is 2.39. The van der Waals surface area contributed by atoms with Crippen molar-refractivity contribution in [1.82, 2.24) is 0 Å². The van der Waals surface area contributed by atoms with Crippen molar-refractivity contribution in [3.05, 3.63) is 0 Å². The highest BCUT2D eigenvalue weighted by Crippen LogP contribution is 2.27. The molecule has 1 N–H and O–H groups in total. The smallest absolute Gasteiger partial charge is 0.161 e. The highest BCUT2D eigenvalue weighted by atomic mass is 16.3. The lowest BCUT2D eigenvalue weighted by Gasteiger charge is -2.25. The van der Waals surface area contributed by atoms with E-state index in [-0.39, 0.29) is 11.7 Å². The van der Waals surface area contributed by atoms with Crippen LogP contribution in [0.3, 0.4) is 0 Å². The molecule has 1 aliphatic rings. The van der Waals surface area contributed by atoms with Crippen molar-refractivity contribution < 1.29 is 9.90 Å². The van der Waals surface area contributed by atoms with E-state index >= 15 is 0 Å². The van der Waals surface area contributed by atoms with Gasteiger partial charge in [0.1, 0.15) is 6.10 Å². The lowest BCUT2D eigenvalue weighted by atomic mass is 9.83. The Hall–Kier alpha value is -0.370. The highest BCUT2D eigenvalue weighted by molar-refractivity contribution is 5.82. The SMILES string of the molecule is CCC(=O)C(O)C1CCCCC1. The van der Waals surface area contributed by atoms with Crippen molar-refractivity contribution >= 4 is 5.78 Å². The minimum absolute atomic E-state index is 0.0156. The minimum Gasteiger partial charge on any atom is -0.385 e. The molecule has 1 unspecified atom stereocenters. The average molecular weight is 170 g/mol. The number of aliphatic hydroxyl groups excluding tert-OH is 1. The van der Waals surface area contributed by atoms with Crippen LogP contribution in [0.4, 0.5) is 0 Å². The lowest BCUT2D eigenvalue weighted by Crippen LogP contribution is -2.30. The summed E-state index contributed by atoms with van der Waals surface area (Å²) in [5, 5.41) is 9.59. The topological polar surface area (TPSA) is 37.3 Å². The molecule has 0 bridgehead atoms. The van der Waals surface area contributed by atoms with E-state index in [0.29, 0.717) is 6.42 Å². The molecule has 0 radical (unpaired) electrons. The number of carbonyl (C=O) groups excluding carboxylic acids is 1. The second kappa shape index (κ2) is 4.61. The number of ketones is 1. The summed E-state index contributed by atoms with van der Waals surface area (Å²) in [5.41, 5.74) is 0. The Kier molecular flexibility index (Phi) is 3.73. The number of rotatable bonds is 3. The molecule has 70 valence electrons. The number of Topliss-reactive ketones (excluding diaryl/α,β-unsaturated/α-hetero) is 1. The third kappa shape index (κ3) is 2.31. The molecule has 0 aromatic heterocycles. The molecule has 1 aliphatic carbocycles. The van der Waals surface area contributed by atoms with E-state index in [4.69, 9.17) is 0 Å². The first-order valence-electron chi connectivity index (χ1n) is 4.96. The quantitative estimate of drug-likeness (QED) is 0.702. The molecule has 1 atom stereocenters. The number of hydrogen-bond donors (Lipinski definition) is 1. The summed E-state index contributed by atoms with van der Waals surface area (Å²) < 4.78 is 0. The summed E-state index contributed by atoms with van der Waals surface area (Å²) in [5.74, 6) is 0.271. The summed E-state index contributed by atoms with van der Waals surface area (Å²) in [6.07, 6.45) is 5.49. The Bertz CT molecular complexity index is 148. The van der Waals surface area contributed by atoms with Gasteiger partial charge in [-0.1, -0.05) is 26.2 Å². The molecule has 1 rings (SSSR count). The van der Waals surface area contributed by atoms with Crippen molar-refractivity contribution in [3.63, 3.8) is 0 Å². The van der Waals surface area contributed by atoms with Crippen LogP contribution in [-0.4, -0.2) is 17.0 Å². The zero-order valence-corrected chi connectivity index (χ0v) is 7.75. The van der Waals surface area contributed by atoms with Gasteiger partial charge in [-0.05, 0) is 18.8 Å². The van der Waals surface area contributed by atoms with Gasteiger partial charge in [-0.15, -0.1) is 0 Å². The fraction of sp³-hybridized carbons (Fsp3) is 0.900. The van der Waals surface area contributed by atoms with Crippen LogP contribution in [0.5, 0.6) is 0 Å². The second-order valence-corrected chi connectivity index (χ2v) is 3.66. The summed E-state index contributed by atoms with van der Waals surface area (Å²) in [6.45, 7) is 1.81. The molecule has 0 amide bonds. The summed E-state index contributed by atoms with van der Waals surface area (Å²) in [6, 6.07) is 0.